The smallest absolute Gasteiger partial charge is 0.308 e. The zero-order chi connectivity index (χ0) is 14.5. The molecule has 0 bridgehead atoms. The first-order chi connectivity index (χ1) is 8.88. The molecule has 0 radical (unpaired) electrons. The maximum atomic E-state index is 11.9. The van der Waals surface area contributed by atoms with Gasteiger partial charge in [-0.3, -0.25) is 9.59 Å². The van der Waals surface area contributed by atoms with E-state index in [9.17, 15) is 9.59 Å². The Kier molecular flexibility index (Phi) is 5.79. The summed E-state index contributed by atoms with van der Waals surface area (Å²) >= 11 is 0. The molecule has 0 heterocycles. The van der Waals surface area contributed by atoms with Gasteiger partial charge < -0.3 is 14.8 Å². The van der Waals surface area contributed by atoms with E-state index < -0.39 is 5.60 Å². The molecule has 0 saturated heterocycles. The number of carbonyl (C=O) groups is 2. The van der Waals surface area contributed by atoms with Crippen LogP contribution in [0, 0.1) is 5.92 Å². The highest BCUT2D eigenvalue weighted by Crippen LogP contribution is 2.25. The molecule has 0 atom stereocenters. The fraction of sp³-hybridized carbons (Fsp3) is 0.857. The van der Waals surface area contributed by atoms with Gasteiger partial charge in [0.25, 0.3) is 0 Å². The second-order valence-electron chi connectivity index (χ2n) is 5.78. The highest BCUT2D eigenvalue weighted by molar-refractivity contribution is 5.77. The Morgan fingerprint density at radius 3 is 2.21 bits per heavy atom. The van der Waals surface area contributed by atoms with Crippen LogP contribution in [0.25, 0.3) is 0 Å². The van der Waals surface area contributed by atoms with Gasteiger partial charge in [0.2, 0.25) is 5.91 Å². The monoisotopic (exact) mass is 271 g/mol. The molecule has 0 aromatic carbocycles. The average molecular weight is 271 g/mol. The highest BCUT2D eigenvalue weighted by Gasteiger charge is 2.29. The molecule has 5 nitrogen and oxygen atoms in total. The van der Waals surface area contributed by atoms with Crippen molar-refractivity contribution >= 4 is 11.9 Å². The summed E-state index contributed by atoms with van der Waals surface area (Å²) in [7, 11) is 3.03. The van der Waals surface area contributed by atoms with Gasteiger partial charge in [-0.2, -0.15) is 0 Å². The number of carbonyl (C=O) groups excluding carboxylic acids is 2. The number of nitrogens with one attached hydrogen (secondary N) is 1. The number of rotatable bonds is 5. The van der Waals surface area contributed by atoms with E-state index in [4.69, 9.17) is 9.47 Å². The standard InChI is InChI=1S/C14H25NO4/c1-14(2,19-4)9-12(16)15-11-7-5-10(6-8-11)13(17)18-3/h10-11H,5-9H2,1-4H3,(H,15,16). The van der Waals surface area contributed by atoms with Crippen LogP contribution in [0.3, 0.4) is 0 Å². The third kappa shape index (κ3) is 5.19. The summed E-state index contributed by atoms with van der Waals surface area (Å²) in [6.45, 7) is 3.78. The van der Waals surface area contributed by atoms with Gasteiger partial charge >= 0.3 is 5.97 Å². The molecule has 0 spiro atoms. The van der Waals surface area contributed by atoms with Gasteiger partial charge in [0, 0.05) is 13.2 Å². The van der Waals surface area contributed by atoms with Crippen molar-refractivity contribution in [1.82, 2.24) is 5.32 Å². The van der Waals surface area contributed by atoms with Crippen LogP contribution in [0.5, 0.6) is 0 Å². The predicted molar refractivity (Wildman–Crippen MR) is 71.6 cm³/mol. The van der Waals surface area contributed by atoms with Gasteiger partial charge in [-0.1, -0.05) is 0 Å². The molecule has 1 rings (SSSR count). The van der Waals surface area contributed by atoms with E-state index >= 15 is 0 Å². The maximum Gasteiger partial charge on any atom is 0.308 e. The summed E-state index contributed by atoms with van der Waals surface area (Å²) < 4.78 is 9.98. The van der Waals surface area contributed by atoms with Crippen molar-refractivity contribution in [2.45, 2.75) is 57.6 Å². The fourth-order valence-corrected chi connectivity index (χ4v) is 2.38. The van der Waals surface area contributed by atoms with Gasteiger partial charge in [-0.25, -0.2) is 0 Å². The second-order valence-corrected chi connectivity index (χ2v) is 5.78. The van der Waals surface area contributed by atoms with Crippen molar-refractivity contribution in [3.05, 3.63) is 0 Å². The molecular formula is C14H25NO4. The summed E-state index contributed by atoms with van der Waals surface area (Å²) in [6, 6.07) is 0.168. The lowest BCUT2D eigenvalue weighted by molar-refractivity contribution is -0.146. The first-order valence-electron chi connectivity index (χ1n) is 6.80. The van der Waals surface area contributed by atoms with Crippen LogP contribution in [0.15, 0.2) is 0 Å². The normalized spacial score (nSPS) is 23.8. The zero-order valence-corrected chi connectivity index (χ0v) is 12.3. The van der Waals surface area contributed by atoms with E-state index in [1.165, 1.54) is 7.11 Å². The first-order valence-corrected chi connectivity index (χ1v) is 6.80. The number of hydrogen-bond acceptors (Lipinski definition) is 4. The number of methoxy groups -OCH3 is 2. The minimum absolute atomic E-state index is 0.00596. The Bertz CT molecular complexity index is 319. The lowest BCUT2D eigenvalue weighted by Gasteiger charge is -2.29. The molecule has 1 N–H and O–H groups in total. The van der Waals surface area contributed by atoms with Gasteiger partial charge in [0.15, 0.2) is 0 Å². The second kappa shape index (κ2) is 6.89. The number of hydrogen-bond donors (Lipinski definition) is 1. The highest BCUT2D eigenvalue weighted by atomic mass is 16.5. The number of amides is 1. The van der Waals surface area contributed by atoms with E-state index in [0.29, 0.717) is 6.42 Å². The molecule has 1 amide bonds. The van der Waals surface area contributed by atoms with E-state index in [1.54, 1.807) is 7.11 Å². The van der Waals surface area contributed by atoms with Crippen LogP contribution < -0.4 is 5.32 Å². The van der Waals surface area contributed by atoms with Crippen LogP contribution in [-0.4, -0.2) is 37.7 Å². The minimum Gasteiger partial charge on any atom is -0.469 e. The van der Waals surface area contributed by atoms with Crippen LogP contribution in [0.4, 0.5) is 0 Å². The Morgan fingerprint density at radius 2 is 1.74 bits per heavy atom. The SMILES string of the molecule is COC(=O)C1CCC(NC(=O)CC(C)(C)OC)CC1. The maximum absolute atomic E-state index is 11.9. The molecule has 0 aromatic rings. The zero-order valence-electron chi connectivity index (χ0n) is 12.3. The molecule has 19 heavy (non-hydrogen) atoms. The van der Waals surface area contributed by atoms with Gasteiger partial charge in [-0.05, 0) is 39.5 Å². The molecule has 0 unspecified atom stereocenters. The topological polar surface area (TPSA) is 64.6 Å². The van der Waals surface area contributed by atoms with Crippen molar-refractivity contribution in [1.29, 1.82) is 0 Å². The Labute approximate surface area is 115 Å². The molecule has 0 aromatic heterocycles. The molecule has 110 valence electrons. The van der Waals surface area contributed by atoms with Gasteiger partial charge in [0.1, 0.15) is 0 Å². The van der Waals surface area contributed by atoms with Crippen molar-refractivity contribution in [3.8, 4) is 0 Å². The van der Waals surface area contributed by atoms with Crippen molar-refractivity contribution in [2.75, 3.05) is 14.2 Å². The average Bonchev–Trinajstić information content (AvgIpc) is 2.38. The van der Waals surface area contributed by atoms with E-state index in [0.717, 1.165) is 25.7 Å². The van der Waals surface area contributed by atoms with E-state index in [2.05, 4.69) is 5.32 Å². The van der Waals surface area contributed by atoms with Gasteiger partial charge in [-0.15, -0.1) is 0 Å². The largest absolute Gasteiger partial charge is 0.469 e. The minimum atomic E-state index is -0.437. The van der Waals surface area contributed by atoms with Crippen LogP contribution in [0.2, 0.25) is 0 Å². The first kappa shape index (κ1) is 16.0. The van der Waals surface area contributed by atoms with Crippen molar-refractivity contribution < 1.29 is 19.1 Å². The number of ether oxygens (including phenoxy) is 2. The van der Waals surface area contributed by atoms with Crippen LogP contribution >= 0.6 is 0 Å². The Hall–Kier alpha value is -1.10. The van der Waals surface area contributed by atoms with Crippen molar-refractivity contribution in [2.24, 2.45) is 5.92 Å². The molecule has 1 aliphatic carbocycles. The molecular weight excluding hydrogens is 246 g/mol. The quantitative estimate of drug-likeness (QED) is 0.772. The van der Waals surface area contributed by atoms with Crippen molar-refractivity contribution in [3.63, 3.8) is 0 Å². The molecule has 5 heteroatoms. The number of esters is 1. The molecule has 1 fully saturated rings. The lowest BCUT2D eigenvalue weighted by atomic mass is 9.86. The summed E-state index contributed by atoms with van der Waals surface area (Å²) in [4.78, 5) is 23.3. The summed E-state index contributed by atoms with van der Waals surface area (Å²) in [5.41, 5.74) is -0.437. The van der Waals surface area contributed by atoms with Crippen LogP contribution in [-0.2, 0) is 19.1 Å². The molecule has 1 saturated carbocycles. The third-order valence-electron chi connectivity index (χ3n) is 3.77. The van der Waals surface area contributed by atoms with E-state index in [1.807, 2.05) is 13.8 Å². The molecule has 1 aliphatic rings. The lowest BCUT2D eigenvalue weighted by Crippen LogP contribution is -2.41. The third-order valence-corrected chi connectivity index (χ3v) is 3.77. The summed E-state index contributed by atoms with van der Waals surface area (Å²) in [5, 5.41) is 3.02. The predicted octanol–water partition coefficient (Wildman–Crippen LogP) is 1.65. The van der Waals surface area contributed by atoms with Gasteiger partial charge in [0.05, 0.1) is 25.0 Å². The summed E-state index contributed by atoms with van der Waals surface area (Å²) in [6.07, 6.45) is 3.58. The summed E-state index contributed by atoms with van der Waals surface area (Å²) in [5.74, 6) is -0.132. The Morgan fingerprint density at radius 1 is 1.16 bits per heavy atom. The Balaban J connectivity index is 2.33. The molecule has 0 aliphatic heterocycles. The van der Waals surface area contributed by atoms with E-state index in [-0.39, 0.29) is 23.8 Å². The fourth-order valence-electron chi connectivity index (χ4n) is 2.38. The van der Waals surface area contributed by atoms with Crippen LogP contribution in [0.1, 0.15) is 46.0 Å².